The first-order valence-corrected chi connectivity index (χ1v) is 9.48. The van der Waals surface area contributed by atoms with Crippen molar-refractivity contribution in [3.8, 4) is 17.0 Å². The van der Waals surface area contributed by atoms with Gasteiger partial charge in [-0.2, -0.15) is 0 Å². The van der Waals surface area contributed by atoms with Crippen molar-refractivity contribution in [1.29, 1.82) is 0 Å². The van der Waals surface area contributed by atoms with Gasteiger partial charge >= 0.3 is 0 Å². The second kappa shape index (κ2) is 7.63. The molecular weight excluding hydrogens is 350 g/mol. The van der Waals surface area contributed by atoms with Crippen molar-refractivity contribution in [3.63, 3.8) is 0 Å². The van der Waals surface area contributed by atoms with Gasteiger partial charge in [0.05, 0.1) is 29.9 Å². The van der Waals surface area contributed by atoms with Crippen LogP contribution in [0.4, 0.5) is 0 Å². The van der Waals surface area contributed by atoms with Crippen molar-refractivity contribution in [2.24, 2.45) is 0 Å². The molecule has 2 aromatic carbocycles. The smallest absolute Gasteiger partial charge is 0.240 e. The number of sulfonamides is 1. The van der Waals surface area contributed by atoms with E-state index in [1.165, 1.54) is 12.4 Å². The first-order chi connectivity index (χ1) is 12.5. The quantitative estimate of drug-likeness (QED) is 0.722. The maximum absolute atomic E-state index is 12.5. The number of hydrogen-bond donors (Lipinski definition) is 1. The van der Waals surface area contributed by atoms with Gasteiger partial charge in [-0.25, -0.2) is 23.1 Å². The Morgan fingerprint density at radius 1 is 1.04 bits per heavy atom. The normalized spacial score (nSPS) is 11.3. The Balaban J connectivity index is 1.77. The maximum Gasteiger partial charge on any atom is 0.240 e. The number of nitrogens with one attached hydrogen (secondary N) is 1. The Bertz CT molecular complexity index is 1010. The molecule has 0 radical (unpaired) electrons. The fraction of sp³-hybridized carbons (Fsp3) is 0.158. The molecule has 0 aliphatic heterocycles. The number of aryl methyl sites for hydroxylation is 1. The molecule has 7 heteroatoms. The van der Waals surface area contributed by atoms with Crippen LogP contribution >= 0.6 is 0 Å². The molecule has 1 heterocycles. The Morgan fingerprint density at radius 3 is 2.50 bits per heavy atom. The van der Waals surface area contributed by atoms with Crippen molar-refractivity contribution in [3.05, 3.63) is 72.2 Å². The number of benzene rings is 2. The summed E-state index contributed by atoms with van der Waals surface area (Å²) in [4.78, 5) is 8.58. The van der Waals surface area contributed by atoms with Gasteiger partial charge in [0.15, 0.2) is 0 Å². The molecule has 134 valence electrons. The maximum atomic E-state index is 12.5. The summed E-state index contributed by atoms with van der Waals surface area (Å²) in [6.07, 6.45) is 1.43. The summed E-state index contributed by atoms with van der Waals surface area (Å²) in [7, 11) is -2.10. The van der Waals surface area contributed by atoms with Crippen molar-refractivity contribution in [1.82, 2.24) is 14.7 Å². The van der Waals surface area contributed by atoms with E-state index in [1.807, 2.05) is 30.3 Å². The average Bonchev–Trinajstić information content (AvgIpc) is 2.67. The fourth-order valence-electron chi connectivity index (χ4n) is 2.53. The lowest BCUT2D eigenvalue weighted by Crippen LogP contribution is -2.24. The molecule has 0 saturated carbocycles. The van der Waals surface area contributed by atoms with Crippen LogP contribution in [0, 0.1) is 6.92 Å². The van der Waals surface area contributed by atoms with E-state index in [1.54, 1.807) is 32.2 Å². The Labute approximate surface area is 153 Å². The zero-order valence-electron chi connectivity index (χ0n) is 14.5. The van der Waals surface area contributed by atoms with Crippen LogP contribution in [-0.2, 0) is 16.6 Å². The van der Waals surface area contributed by atoms with Crippen LogP contribution in [0.2, 0.25) is 0 Å². The summed E-state index contributed by atoms with van der Waals surface area (Å²) in [5.74, 6) is 0.646. The predicted molar refractivity (Wildman–Crippen MR) is 99.2 cm³/mol. The molecule has 26 heavy (non-hydrogen) atoms. The van der Waals surface area contributed by atoms with Crippen molar-refractivity contribution in [2.45, 2.75) is 18.4 Å². The molecule has 0 unspecified atom stereocenters. The van der Waals surface area contributed by atoms with E-state index in [2.05, 4.69) is 14.7 Å². The van der Waals surface area contributed by atoms with Gasteiger partial charge in [0, 0.05) is 5.56 Å². The van der Waals surface area contributed by atoms with E-state index in [4.69, 9.17) is 4.74 Å². The van der Waals surface area contributed by atoms with Crippen LogP contribution < -0.4 is 9.46 Å². The van der Waals surface area contributed by atoms with Crippen molar-refractivity contribution < 1.29 is 13.2 Å². The molecule has 3 rings (SSSR count). The van der Waals surface area contributed by atoms with Crippen LogP contribution in [0.25, 0.3) is 11.3 Å². The molecule has 0 atom stereocenters. The number of aromatic nitrogens is 2. The van der Waals surface area contributed by atoms with Crippen molar-refractivity contribution in [2.75, 3.05) is 7.11 Å². The highest BCUT2D eigenvalue weighted by atomic mass is 32.2. The standard InChI is InChI=1S/C19H19N3O3S/c1-14-10-17(8-9-19(14)25-2)26(23,24)22-12-16-11-18(21-13-20-16)15-6-4-3-5-7-15/h3-11,13,22H,12H2,1-2H3. The molecule has 0 aliphatic rings. The molecule has 1 N–H and O–H groups in total. The van der Waals surface area contributed by atoms with E-state index in [0.29, 0.717) is 11.4 Å². The van der Waals surface area contributed by atoms with Gasteiger partial charge in [-0.05, 0) is 36.8 Å². The third-order valence-electron chi connectivity index (χ3n) is 3.91. The van der Waals surface area contributed by atoms with Gasteiger partial charge in [0.2, 0.25) is 10.0 Å². The number of ether oxygens (including phenoxy) is 1. The van der Waals surface area contributed by atoms with Crippen LogP contribution in [-0.4, -0.2) is 25.5 Å². The first-order valence-electron chi connectivity index (χ1n) is 8.00. The minimum Gasteiger partial charge on any atom is -0.496 e. The summed E-state index contributed by atoms with van der Waals surface area (Å²) in [6, 6.07) is 16.2. The number of nitrogens with zero attached hydrogens (tertiary/aromatic N) is 2. The summed E-state index contributed by atoms with van der Waals surface area (Å²) in [5.41, 5.74) is 3.04. The summed E-state index contributed by atoms with van der Waals surface area (Å²) < 4.78 is 32.8. The molecule has 6 nitrogen and oxygen atoms in total. The average molecular weight is 369 g/mol. The van der Waals surface area contributed by atoms with E-state index in [0.717, 1.165) is 16.8 Å². The zero-order valence-corrected chi connectivity index (χ0v) is 15.3. The van der Waals surface area contributed by atoms with Gasteiger partial charge in [-0.3, -0.25) is 0 Å². The monoisotopic (exact) mass is 369 g/mol. The molecule has 3 aromatic rings. The van der Waals surface area contributed by atoms with Gasteiger partial charge in [-0.15, -0.1) is 0 Å². The van der Waals surface area contributed by atoms with Crippen molar-refractivity contribution >= 4 is 10.0 Å². The van der Waals surface area contributed by atoms with Gasteiger partial charge < -0.3 is 4.74 Å². The molecule has 0 fully saturated rings. The Kier molecular flexibility index (Phi) is 5.29. The third-order valence-corrected chi connectivity index (χ3v) is 5.31. The van der Waals surface area contributed by atoms with Gasteiger partial charge in [0.1, 0.15) is 12.1 Å². The van der Waals surface area contributed by atoms with E-state index < -0.39 is 10.0 Å². The van der Waals surface area contributed by atoms with Crippen LogP contribution in [0.15, 0.2) is 65.8 Å². The highest BCUT2D eigenvalue weighted by molar-refractivity contribution is 7.89. The highest BCUT2D eigenvalue weighted by Gasteiger charge is 2.15. The molecule has 0 aliphatic carbocycles. The largest absolute Gasteiger partial charge is 0.496 e. The zero-order chi connectivity index (χ0) is 18.6. The minimum absolute atomic E-state index is 0.0791. The first kappa shape index (κ1) is 18.0. The number of methoxy groups -OCH3 is 1. The molecule has 0 amide bonds. The third kappa shape index (κ3) is 4.07. The second-order valence-electron chi connectivity index (χ2n) is 5.72. The summed E-state index contributed by atoms with van der Waals surface area (Å²) in [6.45, 7) is 1.88. The van der Waals surface area contributed by atoms with Crippen LogP contribution in [0.1, 0.15) is 11.3 Å². The Morgan fingerprint density at radius 2 is 1.81 bits per heavy atom. The van der Waals surface area contributed by atoms with E-state index in [-0.39, 0.29) is 11.4 Å². The summed E-state index contributed by atoms with van der Waals surface area (Å²) in [5, 5.41) is 0. The topological polar surface area (TPSA) is 81.2 Å². The molecule has 1 aromatic heterocycles. The lowest BCUT2D eigenvalue weighted by Gasteiger charge is -2.10. The molecular formula is C19H19N3O3S. The minimum atomic E-state index is -3.65. The van der Waals surface area contributed by atoms with Gasteiger partial charge in [0.25, 0.3) is 0 Å². The van der Waals surface area contributed by atoms with E-state index >= 15 is 0 Å². The SMILES string of the molecule is COc1ccc(S(=O)(=O)NCc2cc(-c3ccccc3)ncn2)cc1C. The van der Waals surface area contributed by atoms with E-state index in [9.17, 15) is 8.42 Å². The highest BCUT2D eigenvalue weighted by Crippen LogP contribution is 2.21. The lowest BCUT2D eigenvalue weighted by molar-refractivity contribution is 0.411. The van der Waals surface area contributed by atoms with Crippen LogP contribution in [0.3, 0.4) is 0 Å². The second-order valence-corrected chi connectivity index (χ2v) is 7.48. The molecule has 0 saturated heterocycles. The predicted octanol–water partition coefficient (Wildman–Crippen LogP) is 2.94. The molecule has 0 bridgehead atoms. The fourth-order valence-corrected chi connectivity index (χ4v) is 3.62. The van der Waals surface area contributed by atoms with Gasteiger partial charge in [-0.1, -0.05) is 30.3 Å². The number of hydrogen-bond acceptors (Lipinski definition) is 5. The lowest BCUT2D eigenvalue weighted by atomic mass is 10.1. The summed E-state index contributed by atoms with van der Waals surface area (Å²) >= 11 is 0. The Hall–Kier alpha value is -2.77. The van der Waals surface area contributed by atoms with Crippen LogP contribution in [0.5, 0.6) is 5.75 Å². The molecule has 0 spiro atoms. The number of rotatable bonds is 6.